The molecule has 0 radical (unpaired) electrons. The molecule has 1 N–H and O–H groups in total. The van der Waals surface area contributed by atoms with Gasteiger partial charge in [-0.25, -0.2) is 9.37 Å². The summed E-state index contributed by atoms with van der Waals surface area (Å²) in [5, 5.41) is 3.12. The lowest BCUT2D eigenvalue weighted by Crippen LogP contribution is -2.06. The molecule has 1 aromatic carbocycles. The van der Waals surface area contributed by atoms with Gasteiger partial charge in [-0.15, -0.1) is 6.58 Å². The predicted octanol–water partition coefficient (Wildman–Crippen LogP) is 2.92. The van der Waals surface area contributed by atoms with Crippen LogP contribution in [0.4, 0.5) is 10.3 Å². The number of nitrogens with one attached hydrogen (secondary N) is 1. The molecule has 0 aliphatic carbocycles. The fourth-order valence-electron chi connectivity index (χ4n) is 1.68. The first kappa shape index (κ1) is 11.4. The summed E-state index contributed by atoms with van der Waals surface area (Å²) in [6, 6.07) is 4.69. The van der Waals surface area contributed by atoms with E-state index in [9.17, 15) is 4.39 Å². The van der Waals surface area contributed by atoms with Gasteiger partial charge in [-0.3, -0.25) is 4.57 Å². The maximum atomic E-state index is 13.0. The molecule has 0 spiro atoms. The second-order valence-electron chi connectivity index (χ2n) is 3.72. The van der Waals surface area contributed by atoms with Crippen molar-refractivity contribution in [3.05, 3.63) is 54.6 Å². The minimum atomic E-state index is -0.230. The van der Waals surface area contributed by atoms with Gasteiger partial charge < -0.3 is 5.32 Å². The zero-order valence-electron chi connectivity index (χ0n) is 9.65. The Bertz CT molecular complexity index is 531. The van der Waals surface area contributed by atoms with Crippen molar-refractivity contribution in [2.24, 2.45) is 0 Å². The van der Waals surface area contributed by atoms with Gasteiger partial charge in [0.15, 0.2) is 0 Å². The lowest BCUT2D eigenvalue weighted by atomic mass is 10.2. The molecule has 1 heterocycles. The van der Waals surface area contributed by atoms with Crippen LogP contribution >= 0.6 is 0 Å². The van der Waals surface area contributed by atoms with Crippen LogP contribution in [0.5, 0.6) is 0 Å². The molecule has 0 saturated heterocycles. The zero-order valence-corrected chi connectivity index (χ0v) is 9.65. The van der Waals surface area contributed by atoms with Crippen molar-refractivity contribution in [1.29, 1.82) is 0 Å². The monoisotopic (exact) mass is 231 g/mol. The fourth-order valence-corrected chi connectivity index (χ4v) is 1.68. The van der Waals surface area contributed by atoms with Gasteiger partial charge in [-0.1, -0.05) is 6.08 Å². The van der Waals surface area contributed by atoms with Gasteiger partial charge in [-0.2, -0.15) is 0 Å². The minimum Gasteiger partial charge on any atom is -0.352 e. The van der Waals surface area contributed by atoms with Crippen LogP contribution in [0, 0.1) is 12.7 Å². The number of hydrogen-bond acceptors (Lipinski definition) is 2. The zero-order chi connectivity index (χ0) is 12.3. The molecule has 2 rings (SSSR count). The van der Waals surface area contributed by atoms with Crippen molar-refractivity contribution >= 4 is 5.95 Å². The number of hydrogen-bond donors (Lipinski definition) is 1. The van der Waals surface area contributed by atoms with Crippen LogP contribution in [0.1, 0.15) is 5.56 Å². The van der Waals surface area contributed by atoms with Gasteiger partial charge in [0.25, 0.3) is 0 Å². The second-order valence-corrected chi connectivity index (χ2v) is 3.72. The summed E-state index contributed by atoms with van der Waals surface area (Å²) in [4.78, 5) is 4.20. The number of halogens is 1. The Morgan fingerprint density at radius 1 is 1.53 bits per heavy atom. The SMILES string of the molecule is C=CCNc1nccn1-c1ccc(F)cc1C. The molecule has 3 nitrogen and oxygen atoms in total. The summed E-state index contributed by atoms with van der Waals surface area (Å²) in [5.74, 6) is 0.492. The van der Waals surface area contributed by atoms with Crippen molar-refractivity contribution in [2.45, 2.75) is 6.92 Å². The predicted molar refractivity (Wildman–Crippen MR) is 66.9 cm³/mol. The quantitative estimate of drug-likeness (QED) is 0.820. The molecule has 0 aliphatic rings. The van der Waals surface area contributed by atoms with Crippen LogP contribution in [0.2, 0.25) is 0 Å². The molecule has 0 aliphatic heterocycles. The third-order valence-corrected chi connectivity index (χ3v) is 2.46. The van der Waals surface area contributed by atoms with E-state index in [2.05, 4.69) is 16.9 Å². The van der Waals surface area contributed by atoms with E-state index in [1.807, 2.05) is 17.7 Å². The van der Waals surface area contributed by atoms with Crippen molar-refractivity contribution in [3.8, 4) is 5.69 Å². The highest BCUT2D eigenvalue weighted by Crippen LogP contribution is 2.19. The topological polar surface area (TPSA) is 29.9 Å². The molecule has 0 amide bonds. The Morgan fingerprint density at radius 2 is 2.35 bits per heavy atom. The summed E-state index contributed by atoms with van der Waals surface area (Å²) in [6.07, 6.45) is 5.30. The average molecular weight is 231 g/mol. The first-order valence-electron chi connectivity index (χ1n) is 5.37. The molecule has 0 bridgehead atoms. The summed E-state index contributed by atoms with van der Waals surface area (Å²) < 4.78 is 14.9. The Morgan fingerprint density at radius 3 is 3.06 bits per heavy atom. The number of aryl methyl sites for hydroxylation is 1. The van der Waals surface area contributed by atoms with E-state index >= 15 is 0 Å². The number of aromatic nitrogens is 2. The Hall–Kier alpha value is -2.10. The van der Waals surface area contributed by atoms with Gasteiger partial charge in [0, 0.05) is 18.9 Å². The van der Waals surface area contributed by atoms with Crippen molar-refractivity contribution < 1.29 is 4.39 Å². The maximum Gasteiger partial charge on any atom is 0.207 e. The van der Waals surface area contributed by atoms with Crippen LogP contribution in [0.15, 0.2) is 43.2 Å². The molecule has 88 valence electrons. The molecule has 1 aromatic heterocycles. The largest absolute Gasteiger partial charge is 0.352 e. The molecule has 0 fully saturated rings. The minimum absolute atomic E-state index is 0.230. The van der Waals surface area contributed by atoms with E-state index in [0.29, 0.717) is 6.54 Å². The third kappa shape index (κ3) is 2.36. The van der Waals surface area contributed by atoms with E-state index in [1.165, 1.54) is 12.1 Å². The van der Waals surface area contributed by atoms with E-state index in [1.54, 1.807) is 18.3 Å². The normalized spacial score (nSPS) is 10.2. The Kier molecular flexibility index (Phi) is 3.23. The van der Waals surface area contributed by atoms with Crippen molar-refractivity contribution in [3.63, 3.8) is 0 Å². The first-order chi connectivity index (χ1) is 8.22. The molecule has 0 unspecified atom stereocenters. The third-order valence-electron chi connectivity index (χ3n) is 2.46. The van der Waals surface area contributed by atoms with Crippen LogP contribution in [0.25, 0.3) is 5.69 Å². The molecular weight excluding hydrogens is 217 g/mol. The smallest absolute Gasteiger partial charge is 0.207 e. The average Bonchev–Trinajstić information content (AvgIpc) is 2.74. The second kappa shape index (κ2) is 4.82. The molecular formula is C13H14FN3. The Balaban J connectivity index is 2.38. The molecule has 0 atom stereocenters. The lowest BCUT2D eigenvalue weighted by Gasteiger charge is -2.11. The first-order valence-corrected chi connectivity index (χ1v) is 5.37. The highest BCUT2D eigenvalue weighted by atomic mass is 19.1. The van der Waals surface area contributed by atoms with Gasteiger partial charge in [0.1, 0.15) is 5.82 Å². The van der Waals surface area contributed by atoms with Crippen LogP contribution in [-0.4, -0.2) is 16.1 Å². The van der Waals surface area contributed by atoms with Gasteiger partial charge in [0.05, 0.1) is 5.69 Å². The number of anilines is 1. The standard InChI is InChI=1S/C13H14FN3/c1-3-6-15-13-16-7-8-17(13)12-5-4-11(14)9-10(12)2/h3-5,7-9H,1,6H2,2H3,(H,15,16). The number of nitrogens with zero attached hydrogens (tertiary/aromatic N) is 2. The summed E-state index contributed by atoms with van der Waals surface area (Å²) in [5.41, 5.74) is 1.78. The van der Waals surface area contributed by atoms with Crippen LogP contribution < -0.4 is 5.32 Å². The molecule has 2 aromatic rings. The van der Waals surface area contributed by atoms with Crippen molar-refractivity contribution in [2.75, 3.05) is 11.9 Å². The molecule has 4 heteroatoms. The van der Waals surface area contributed by atoms with Gasteiger partial charge in [0.2, 0.25) is 5.95 Å². The van der Waals surface area contributed by atoms with E-state index in [0.717, 1.165) is 17.2 Å². The summed E-state index contributed by atoms with van der Waals surface area (Å²) in [7, 11) is 0. The number of benzene rings is 1. The Labute approximate surface area is 99.6 Å². The lowest BCUT2D eigenvalue weighted by molar-refractivity contribution is 0.626. The van der Waals surface area contributed by atoms with Gasteiger partial charge in [-0.05, 0) is 30.7 Å². The van der Waals surface area contributed by atoms with Crippen molar-refractivity contribution in [1.82, 2.24) is 9.55 Å². The van der Waals surface area contributed by atoms with E-state index < -0.39 is 0 Å². The van der Waals surface area contributed by atoms with Crippen LogP contribution in [-0.2, 0) is 0 Å². The summed E-state index contributed by atoms with van der Waals surface area (Å²) >= 11 is 0. The number of rotatable bonds is 4. The van der Waals surface area contributed by atoms with E-state index in [4.69, 9.17) is 0 Å². The fraction of sp³-hybridized carbons (Fsp3) is 0.154. The highest BCUT2D eigenvalue weighted by molar-refractivity contribution is 5.47. The van der Waals surface area contributed by atoms with E-state index in [-0.39, 0.29) is 5.82 Å². The summed E-state index contributed by atoms with van der Waals surface area (Å²) in [6.45, 7) is 6.15. The molecule has 0 saturated carbocycles. The highest BCUT2D eigenvalue weighted by Gasteiger charge is 2.06. The maximum absolute atomic E-state index is 13.0. The number of imidazole rings is 1. The van der Waals surface area contributed by atoms with Gasteiger partial charge >= 0.3 is 0 Å². The van der Waals surface area contributed by atoms with Crippen LogP contribution in [0.3, 0.4) is 0 Å². The molecule has 17 heavy (non-hydrogen) atoms.